The van der Waals surface area contributed by atoms with Crippen LogP contribution in [-0.2, 0) is 0 Å². The minimum absolute atomic E-state index is 0. The van der Waals surface area contributed by atoms with Crippen molar-refractivity contribution in [2.45, 2.75) is 37.3 Å². The van der Waals surface area contributed by atoms with E-state index in [0.29, 0.717) is 0 Å². The second kappa shape index (κ2) is 3.83. The highest BCUT2D eigenvalue weighted by Crippen LogP contribution is 2.39. The van der Waals surface area contributed by atoms with E-state index in [2.05, 4.69) is 0 Å². The summed E-state index contributed by atoms with van der Waals surface area (Å²) in [6.45, 7) is -0.136. The fourth-order valence-corrected chi connectivity index (χ4v) is 1.27. The van der Waals surface area contributed by atoms with E-state index in [1.807, 2.05) is 0 Å². The van der Waals surface area contributed by atoms with Gasteiger partial charge in [-0.05, 0) is 12.8 Å². The van der Waals surface area contributed by atoms with Crippen LogP contribution in [0.2, 0.25) is 0 Å². The number of hydrogen-bond acceptors (Lipinski definition) is 1. The van der Waals surface area contributed by atoms with Crippen molar-refractivity contribution in [2.75, 3.05) is 6.54 Å². The minimum atomic E-state index is -2.66. The molecule has 1 saturated carbocycles. The molecule has 12 heavy (non-hydrogen) atoms. The Balaban J connectivity index is 0.00000121. The fourth-order valence-electron chi connectivity index (χ4n) is 1.27. The third-order valence-corrected chi connectivity index (χ3v) is 2.24. The minimum Gasteiger partial charge on any atom is -0.328 e. The molecule has 1 fully saturated rings. The summed E-state index contributed by atoms with van der Waals surface area (Å²) >= 11 is 0. The topological polar surface area (TPSA) is 26.0 Å². The summed E-state index contributed by atoms with van der Waals surface area (Å²) in [5, 5.41) is 0. The molecule has 0 aliphatic heterocycles. The average Bonchev–Trinajstić information content (AvgIpc) is 1.97. The summed E-state index contributed by atoms with van der Waals surface area (Å²) in [4.78, 5) is 0. The molecule has 0 aromatic heterocycles. The number of rotatable bonds is 1. The molecule has 0 spiro atoms. The van der Waals surface area contributed by atoms with Crippen LogP contribution in [0.3, 0.4) is 0 Å². The first-order valence-electron chi connectivity index (χ1n) is 3.74. The van der Waals surface area contributed by atoms with Gasteiger partial charge >= 0.3 is 0 Å². The van der Waals surface area contributed by atoms with E-state index < -0.39 is 11.6 Å². The number of hydrogen-bond donors (Lipinski definition) is 1. The van der Waals surface area contributed by atoms with E-state index in [1.165, 1.54) is 0 Å². The summed E-state index contributed by atoms with van der Waals surface area (Å²) < 4.78 is 38.1. The molecule has 1 rings (SSSR count). The molecule has 0 radical (unpaired) electrons. The normalized spacial score (nSPS) is 26.0. The van der Waals surface area contributed by atoms with Gasteiger partial charge in [0.05, 0.1) is 0 Å². The van der Waals surface area contributed by atoms with Crippen LogP contribution >= 0.6 is 12.4 Å². The first kappa shape index (κ1) is 12.0. The molecule has 0 unspecified atom stereocenters. The van der Waals surface area contributed by atoms with Crippen LogP contribution in [0, 0.1) is 0 Å². The SMILES string of the molecule is Cl.NCC1(F)CCC(F)(F)CC1. The van der Waals surface area contributed by atoms with Gasteiger partial charge < -0.3 is 5.73 Å². The van der Waals surface area contributed by atoms with Crippen LogP contribution in [-0.4, -0.2) is 18.1 Å². The second-order valence-corrected chi connectivity index (χ2v) is 3.21. The maximum Gasteiger partial charge on any atom is 0.248 e. The molecule has 74 valence electrons. The number of nitrogens with two attached hydrogens (primary N) is 1. The standard InChI is InChI=1S/C7H12F3N.ClH/c8-6(5-11)1-3-7(9,10)4-2-6;/h1-5,11H2;1H. The van der Waals surface area contributed by atoms with Gasteiger partial charge in [0.25, 0.3) is 0 Å². The zero-order valence-electron chi connectivity index (χ0n) is 6.66. The lowest BCUT2D eigenvalue weighted by atomic mass is 9.84. The van der Waals surface area contributed by atoms with E-state index in [1.54, 1.807) is 0 Å². The molecule has 0 aromatic rings. The third-order valence-electron chi connectivity index (χ3n) is 2.24. The molecule has 2 N–H and O–H groups in total. The van der Waals surface area contributed by atoms with Gasteiger partial charge in [-0.15, -0.1) is 12.4 Å². The monoisotopic (exact) mass is 203 g/mol. The Morgan fingerprint density at radius 3 is 1.75 bits per heavy atom. The second-order valence-electron chi connectivity index (χ2n) is 3.21. The molecule has 0 bridgehead atoms. The van der Waals surface area contributed by atoms with Crippen molar-refractivity contribution in [3.05, 3.63) is 0 Å². The number of alkyl halides is 3. The largest absolute Gasteiger partial charge is 0.328 e. The van der Waals surface area contributed by atoms with E-state index >= 15 is 0 Å². The Bertz CT molecular complexity index is 142. The molecule has 0 atom stereocenters. The first-order chi connectivity index (χ1) is 4.97. The molecule has 0 amide bonds. The van der Waals surface area contributed by atoms with Crippen LogP contribution in [0.4, 0.5) is 13.2 Å². The summed E-state index contributed by atoms with van der Waals surface area (Å²) in [6.07, 6.45) is -0.922. The van der Waals surface area contributed by atoms with Crippen molar-refractivity contribution in [1.29, 1.82) is 0 Å². The molecule has 1 nitrogen and oxygen atoms in total. The Morgan fingerprint density at radius 2 is 1.42 bits per heavy atom. The molecule has 0 saturated heterocycles. The van der Waals surface area contributed by atoms with E-state index in [9.17, 15) is 13.2 Å². The Kier molecular flexibility index (Phi) is 3.85. The fraction of sp³-hybridized carbons (Fsp3) is 1.00. The van der Waals surface area contributed by atoms with Crippen molar-refractivity contribution in [3.8, 4) is 0 Å². The van der Waals surface area contributed by atoms with Crippen molar-refractivity contribution >= 4 is 12.4 Å². The number of halogens is 4. The quantitative estimate of drug-likeness (QED) is 0.695. The zero-order chi connectivity index (χ0) is 8.54. The highest BCUT2D eigenvalue weighted by Gasteiger charge is 2.42. The maximum absolute atomic E-state index is 13.2. The molecule has 0 heterocycles. The maximum atomic E-state index is 13.2. The van der Waals surface area contributed by atoms with Crippen molar-refractivity contribution in [1.82, 2.24) is 0 Å². The van der Waals surface area contributed by atoms with Crippen molar-refractivity contribution in [3.63, 3.8) is 0 Å². The Hall–Kier alpha value is 0.0400. The zero-order valence-corrected chi connectivity index (χ0v) is 7.47. The van der Waals surface area contributed by atoms with Gasteiger partial charge in [0, 0.05) is 19.4 Å². The van der Waals surface area contributed by atoms with E-state index in [4.69, 9.17) is 5.73 Å². The van der Waals surface area contributed by atoms with Gasteiger partial charge in [0.2, 0.25) is 5.92 Å². The van der Waals surface area contributed by atoms with Crippen molar-refractivity contribution in [2.24, 2.45) is 5.73 Å². The van der Waals surface area contributed by atoms with Crippen LogP contribution < -0.4 is 5.73 Å². The highest BCUT2D eigenvalue weighted by molar-refractivity contribution is 5.85. The molecular formula is C7H13ClF3N. The summed E-state index contributed by atoms with van der Waals surface area (Å²) in [5.41, 5.74) is 3.58. The van der Waals surface area contributed by atoms with Crippen LogP contribution in [0.5, 0.6) is 0 Å². The van der Waals surface area contributed by atoms with Gasteiger partial charge in [0.1, 0.15) is 5.67 Å². The first-order valence-corrected chi connectivity index (χ1v) is 3.74. The van der Waals surface area contributed by atoms with Gasteiger partial charge in [-0.25, -0.2) is 13.2 Å². The lowest BCUT2D eigenvalue weighted by Gasteiger charge is -2.32. The average molecular weight is 204 g/mol. The molecule has 1 aliphatic carbocycles. The molecular weight excluding hydrogens is 191 g/mol. The lowest BCUT2D eigenvalue weighted by molar-refractivity contribution is -0.0729. The lowest BCUT2D eigenvalue weighted by Crippen LogP contribution is -2.40. The van der Waals surface area contributed by atoms with Crippen LogP contribution in [0.15, 0.2) is 0 Å². The molecule has 5 heteroatoms. The smallest absolute Gasteiger partial charge is 0.248 e. The predicted molar refractivity (Wildman–Crippen MR) is 43.6 cm³/mol. The molecule has 1 aliphatic rings. The summed E-state index contributed by atoms with van der Waals surface area (Å²) in [7, 11) is 0. The summed E-state index contributed by atoms with van der Waals surface area (Å²) in [6, 6.07) is 0. The third kappa shape index (κ3) is 2.83. The summed E-state index contributed by atoms with van der Waals surface area (Å²) in [5.74, 6) is -2.66. The van der Waals surface area contributed by atoms with Gasteiger partial charge in [0.15, 0.2) is 0 Å². The molecule has 0 aromatic carbocycles. The van der Waals surface area contributed by atoms with Crippen LogP contribution in [0.1, 0.15) is 25.7 Å². The Labute approximate surface area is 75.9 Å². The van der Waals surface area contributed by atoms with Gasteiger partial charge in [-0.1, -0.05) is 0 Å². The Morgan fingerprint density at radius 1 is 1.00 bits per heavy atom. The van der Waals surface area contributed by atoms with Gasteiger partial charge in [-0.2, -0.15) is 0 Å². The van der Waals surface area contributed by atoms with E-state index in [0.717, 1.165) is 0 Å². The van der Waals surface area contributed by atoms with Crippen molar-refractivity contribution < 1.29 is 13.2 Å². The van der Waals surface area contributed by atoms with Crippen LogP contribution in [0.25, 0.3) is 0 Å². The van der Waals surface area contributed by atoms with Gasteiger partial charge in [-0.3, -0.25) is 0 Å². The highest BCUT2D eigenvalue weighted by atomic mass is 35.5. The van der Waals surface area contributed by atoms with E-state index in [-0.39, 0.29) is 44.6 Å². The predicted octanol–water partition coefficient (Wildman–Crippen LogP) is 2.28.